The van der Waals surface area contributed by atoms with E-state index in [1.807, 2.05) is 0 Å². The maximum Gasteiger partial charge on any atom is 0.0756 e. The summed E-state index contributed by atoms with van der Waals surface area (Å²) in [6, 6.07) is 8.58. The van der Waals surface area contributed by atoms with Gasteiger partial charge in [-0.15, -0.1) is 0 Å². The lowest BCUT2D eigenvalue weighted by Gasteiger charge is -2.33. The second-order valence-corrected chi connectivity index (χ2v) is 6.27. The lowest BCUT2D eigenvalue weighted by molar-refractivity contribution is -0.0588. The predicted octanol–water partition coefficient (Wildman–Crippen LogP) is 4.29. The van der Waals surface area contributed by atoms with Crippen LogP contribution in [0.25, 0.3) is 0 Å². The largest absolute Gasteiger partial charge is 0.382 e. The normalized spacial score (nSPS) is 25.6. The standard InChI is InChI=1S/C17H25NO/c1-14-6-5-7-15(12-14)18-13-16-8-11-17(19-16)9-3-2-4-10-17/h5-7,12,16,18H,2-4,8-11,13H2,1H3. The van der Waals surface area contributed by atoms with E-state index in [0.717, 1.165) is 6.54 Å². The van der Waals surface area contributed by atoms with Crippen molar-refractivity contribution in [1.82, 2.24) is 0 Å². The molecule has 0 amide bonds. The zero-order valence-electron chi connectivity index (χ0n) is 12.0. The van der Waals surface area contributed by atoms with Crippen LogP contribution in [0.2, 0.25) is 0 Å². The highest BCUT2D eigenvalue weighted by Gasteiger charge is 2.40. The number of benzene rings is 1. The number of anilines is 1. The van der Waals surface area contributed by atoms with Gasteiger partial charge in [-0.1, -0.05) is 31.4 Å². The molecule has 1 atom stereocenters. The van der Waals surface area contributed by atoms with E-state index < -0.39 is 0 Å². The fourth-order valence-corrected chi connectivity index (χ4v) is 3.59. The zero-order chi connectivity index (χ0) is 13.1. The molecule has 2 heteroatoms. The average Bonchev–Trinajstić information content (AvgIpc) is 2.80. The second kappa shape index (κ2) is 5.54. The molecule has 1 spiro atoms. The number of aryl methyl sites for hydroxylation is 1. The van der Waals surface area contributed by atoms with E-state index >= 15 is 0 Å². The molecule has 2 fully saturated rings. The van der Waals surface area contributed by atoms with E-state index in [0.29, 0.717) is 6.10 Å². The van der Waals surface area contributed by atoms with Gasteiger partial charge in [0.15, 0.2) is 0 Å². The van der Waals surface area contributed by atoms with Gasteiger partial charge in [-0.2, -0.15) is 0 Å². The third-order valence-corrected chi connectivity index (χ3v) is 4.66. The van der Waals surface area contributed by atoms with Crippen molar-refractivity contribution in [2.45, 2.75) is 63.6 Å². The fraction of sp³-hybridized carbons (Fsp3) is 0.647. The molecule has 1 saturated heterocycles. The fourth-order valence-electron chi connectivity index (χ4n) is 3.59. The van der Waals surface area contributed by atoms with E-state index in [1.54, 1.807) is 0 Å². The predicted molar refractivity (Wildman–Crippen MR) is 79.6 cm³/mol. The molecule has 1 heterocycles. The molecule has 0 bridgehead atoms. The third-order valence-electron chi connectivity index (χ3n) is 4.66. The average molecular weight is 259 g/mol. The zero-order valence-corrected chi connectivity index (χ0v) is 12.0. The molecule has 1 aliphatic carbocycles. The van der Waals surface area contributed by atoms with Gasteiger partial charge in [0.2, 0.25) is 0 Å². The van der Waals surface area contributed by atoms with E-state index in [1.165, 1.54) is 56.2 Å². The van der Waals surface area contributed by atoms with E-state index in [9.17, 15) is 0 Å². The summed E-state index contributed by atoms with van der Waals surface area (Å²) < 4.78 is 6.38. The summed E-state index contributed by atoms with van der Waals surface area (Å²) in [5.41, 5.74) is 2.77. The molecule has 1 N–H and O–H groups in total. The maximum absolute atomic E-state index is 6.38. The van der Waals surface area contributed by atoms with Crippen molar-refractivity contribution < 1.29 is 4.74 Å². The first kappa shape index (κ1) is 13.0. The van der Waals surface area contributed by atoms with Crippen LogP contribution in [0, 0.1) is 6.92 Å². The summed E-state index contributed by atoms with van der Waals surface area (Å²) in [7, 11) is 0. The van der Waals surface area contributed by atoms with E-state index in [4.69, 9.17) is 4.74 Å². The molecule has 1 aromatic carbocycles. The summed E-state index contributed by atoms with van der Waals surface area (Å²) >= 11 is 0. The first-order valence-corrected chi connectivity index (χ1v) is 7.74. The Labute approximate surface area is 116 Å². The summed E-state index contributed by atoms with van der Waals surface area (Å²) in [4.78, 5) is 0. The summed E-state index contributed by atoms with van der Waals surface area (Å²) in [5.74, 6) is 0. The van der Waals surface area contributed by atoms with Crippen molar-refractivity contribution in [3.8, 4) is 0 Å². The molecular weight excluding hydrogens is 234 g/mol. The van der Waals surface area contributed by atoms with Gasteiger partial charge in [0.1, 0.15) is 0 Å². The van der Waals surface area contributed by atoms with Gasteiger partial charge in [0.05, 0.1) is 11.7 Å². The van der Waals surface area contributed by atoms with Crippen LogP contribution in [0.1, 0.15) is 50.5 Å². The Hall–Kier alpha value is -1.02. The molecule has 2 nitrogen and oxygen atoms in total. The third kappa shape index (κ3) is 3.11. The lowest BCUT2D eigenvalue weighted by atomic mass is 9.83. The Balaban J connectivity index is 1.52. The number of rotatable bonds is 3. The molecule has 0 aromatic heterocycles. The van der Waals surface area contributed by atoms with Gasteiger partial charge in [-0.05, 0) is 50.3 Å². The number of nitrogens with one attached hydrogen (secondary N) is 1. The Kier molecular flexibility index (Phi) is 3.79. The molecular formula is C17H25NO. The molecule has 104 valence electrons. The van der Waals surface area contributed by atoms with E-state index in [2.05, 4.69) is 36.5 Å². The molecule has 1 aliphatic heterocycles. The number of hydrogen-bond acceptors (Lipinski definition) is 2. The van der Waals surface area contributed by atoms with Crippen LogP contribution in [0.15, 0.2) is 24.3 Å². The van der Waals surface area contributed by atoms with Crippen molar-refractivity contribution in [3.63, 3.8) is 0 Å². The van der Waals surface area contributed by atoms with Gasteiger partial charge < -0.3 is 10.1 Å². The van der Waals surface area contributed by atoms with Crippen LogP contribution < -0.4 is 5.32 Å². The molecule has 0 radical (unpaired) electrons. The summed E-state index contributed by atoms with van der Waals surface area (Å²) in [6.07, 6.45) is 9.58. The topological polar surface area (TPSA) is 21.3 Å². The molecule has 3 rings (SSSR count). The summed E-state index contributed by atoms with van der Waals surface area (Å²) in [6.45, 7) is 3.08. The molecule has 1 aromatic rings. The van der Waals surface area contributed by atoms with Crippen molar-refractivity contribution in [2.75, 3.05) is 11.9 Å². The first-order valence-electron chi connectivity index (χ1n) is 7.74. The quantitative estimate of drug-likeness (QED) is 0.874. The van der Waals surface area contributed by atoms with Crippen molar-refractivity contribution in [1.29, 1.82) is 0 Å². The van der Waals surface area contributed by atoms with Gasteiger partial charge >= 0.3 is 0 Å². The lowest BCUT2D eigenvalue weighted by Crippen LogP contribution is -2.33. The SMILES string of the molecule is Cc1cccc(NCC2CCC3(CCCCC3)O2)c1. The Morgan fingerprint density at radius 1 is 1.21 bits per heavy atom. The van der Waals surface area contributed by atoms with Gasteiger partial charge in [0.25, 0.3) is 0 Å². The molecule has 2 aliphatic rings. The van der Waals surface area contributed by atoms with Gasteiger partial charge in [-0.3, -0.25) is 0 Å². The highest BCUT2D eigenvalue weighted by atomic mass is 16.5. The summed E-state index contributed by atoms with van der Waals surface area (Å²) in [5, 5.41) is 3.52. The maximum atomic E-state index is 6.38. The minimum atomic E-state index is 0.247. The molecule has 1 saturated carbocycles. The molecule has 19 heavy (non-hydrogen) atoms. The highest BCUT2D eigenvalue weighted by Crippen LogP contribution is 2.41. The van der Waals surface area contributed by atoms with Crippen LogP contribution >= 0.6 is 0 Å². The minimum Gasteiger partial charge on any atom is -0.382 e. The minimum absolute atomic E-state index is 0.247. The Morgan fingerprint density at radius 3 is 2.84 bits per heavy atom. The van der Waals surface area contributed by atoms with Crippen molar-refractivity contribution in [3.05, 3.63) is 29.8 Å². The Bertz CT molecular complexity index is 423. The number of hydrogen-bond donors (Lipinski definition) is 1. The smallest absolute Gasteiger partial charge is 0.0756 e. The van der Waals surface area contributed by atoms with Crippen LogP contribution in [0.3, 0.4) is 0 Å². The van der Waals surface area contributed by atoms with E-state index in [-0.39, 0.29) is 5.60 Å². The van der Waals surface area contributed by atoms with Gasteiger partial charge in [-0.25, -0.2) is 0 Å². The first-order chi connectivity index (χ1) is 9.26. The van der Waals surface area contributed by atoms with Crippen LogP contribution in [-0.4, -0.2) is 18.2 Å². The highest BCUT2D eigenvalue weighted by molar-refractivity contribution is 5.45. The van der Waals surface area contributed by atoms with Crippen LogP contribution in [-0.2, 0) is 4.74 Å². The second-order valence-electron chi connectivity index (χ2n) is 6.27. The number of ether oxygens (including phenoxy) is 1. The van der Waals surface area contributed by atoms with Crippen molar-refractivity contribution >= 4 is 5.69 Å². The van der Waals surface area contributed by atoms with Gasteiger partial charge in [0, 0.05) is 12.2 Å². The van der Waals surface area contributed by atoms with Crippen molar-refractivity contribution in [2.24, 2.45) is 0 Å². The monoisotopic (exact) mass is 259 g/mol. The van der Waals surface area contributed by atoms with Crippen LogP contribution in [0.4, 0.5) is 5.69 Å². The molecule has 1 unspecified atom stereocenters. The Morgan fingerprint density at radius 2 is 2.05 bits per heavy atom. The van der Waals surface area contributed by atoms with Crippen LogP contribution in [0.5, 0.6) is 0 Å².